The molecule has 0 bridgehead atoms. The number of aryl methyl sites for hydroxylation is 1. The quantitative estimate of drug-likeness (QED) is 0.726. The molecule has 0 radical (unpaired) electrons. The normalized spacial score (nSPS) is 12.0. The van der Waals surface area contributed by atoms with E-state index in [1.54, 1.807) is 39.3 Å². The molecule has 0 aliphatic rings. The maximum atomic E-state index is 12.8. The number of fused-ring (bicyclic) bond motifs is 1. The number of carbonyl (C=O) groups is 1. The smallest absolute Gasteiger partial charge is 0.262 e. The number of methoxy groups -OCH3 is 2. The van der Waals surface area contributed by atoms with Gasteiger partial charge in [-0.3, -0.25) is 9.59 Å². The fourth-order valence-corrected chi connectivity index (χ4v) is 2.85. The van der Waals surface area contributed by atoms with Crippen LogP contribution in [0.3, 0.4) is 0 Å². The number of H-pyrrole nitrogens is 1. The van der Waals surface area contributed by atoms with Crippen molar-refractivity contribution in [3.05, 3.63) is 51.8 Å². The lowest BCUT2D eigenvalue weighted by Crippen LogP contribution is -2.28. The van der Waals surface area contributed by atoms with Gasteiger partial charge in [-0.15, -0.1) is 0 Å². The van der Waals surface area contributed by atoms with Crippen LogP contribution in [0.25, 0.3) is 11.1 Å². The van der Waals surface area contributed by atoms with Crippen molar-refractivity contribution in [3.8, 4) is 11.5 Å². The van der Waals surface area contributed by atoms with E-state index in [9.17, 15) is 9.59 Å². The Balaban J connectivity index is 1.96. The average molecular weight is 357 g/mol. The predicted molar refractivity (Wildman–Crippen MR) is 94.8 cm³/mol. The number of amides is 1. The van der Waals surface area contributed by atoms with Gasteiger partial charge in [0.15, 0.2) is 0 Å². The number of ether oxygens (including phenoxy) is 2. The number of hydrogen-bond acceptors (Lipinski definition) is 6. The maximum absolute atomic E-state index is 12.8. The molecule has 8 nitrogen and oxygen atoms in total. The van der Waals surface area contributed by atoms with Gasteiger partial charge in [-0.1, -0.05) is 0 Å². The van der Waals surface area contributed by atoms with E-state index in [0.717, 1.165) is 5.56 Å². The molecule has 2 heterocycles. The van der Waals surface area contributed by atoms with E-state index in [2.05, 4.69) is 15.3 Å². The molecule has 1 aromatic carbocycles. The highest BCUT2D eigenvalue weighted by Gasteiger charge is 2.24. The van der Waals surface area contributed by atoms with Crippen molar-refractivity contribution in [3.63, 3.8) is 0 Å². The van der Waals surface area contributed by atoms with E-state index in [1.165, 1.54) is 6.33 Å². The second-order valence-corrected chi connectivity index (χ2v) is 5.75. The SMILES string of the molecule is COc1ccc(OC)c([C@@H](C)NC(=O)c2c(C)oc3nc[nH]c(=O)c23)c1. The van der Waals surface area contributed by atoms with E-state index < -0.39 is 17.5 Å². The second-order valence-electron chi connectivity index (χ2n) is 5.75. The highest BCUT2D eigenvalue weighted by atomic mass is 16.5. The van der Waals surface area contributed by atoms with Gasteiger partial charge in [0.2, 0.25) is 5.71 Å². The molecule has 136 valence electrons. The van der Waals surface area contributed by atoms with Crippen LogP contribution in [0.4, 0.5) is 0 Å². The Morgan fingerprint density at radius 2 is 2.08 bits per heavy atom. The van der Waals surface area contributed by atoms with E-state index >= 15 is 0 Å². The summed E-state index contributed by atoms with van der Waals surface area (Å²) >= 11 is 0. The van der Waals surface area contributed by atoms with Crippen molar-refractivity contribution in [2.45, 2.75) is 19.9 Å². The number of furan rings is 1. The van der Waals surface area contributed by atoms with Gasteiger partial charge >= 0.3 is 0 Å². The van der Waals surface area contributed by atoms with E-state index in [4.69, 9.17) is 13.9 Å². The standard InChI is InChI=1S/C18H19N3O5/c1-9(12-7-11(24-3)5-6-13(12)25-4)21-17(23)14-10(2)26-18-15(14)16(22)19-8-20-18/h5-9H,1-4H3,(H,21,23)(H,19,20,22)/t9-/m1/s1. The van der Waals surface area contributed by atoms with Crippen molar-refractivity contribution >= 4 is 17.0 Å². The van der Waals surface area contributed by atoms with Gasteiger partial charge < -0.3 is 24.2 Å². The molecule has 1 atom stereocenters. The summed E-state index contributed by atoms with van der Waals surface area (Å²) in [7, 11) is 3.12. The predicted octanol–water partition coefficient (Wildman–Crippen LogP) is 2.33. The molecule has 0 aliphatic heterocycles. The van der Waals surface area contributed by atoms with Crippen LogP contribution in [-0.4, -0.2) is 30.1 Å². The van der Waals surface area contributed by atoms with Crippen LogP contribution in [0.15, 0.2) is 33.7 Å². The molecular weight excluding hydrogens is 338 g/mol. The molecule has 3 rings (SSSR count). The summed E-state index contributed by atoms with van der Waals surface area (Å²) in [5.41, 5.74) is 0.618. The zero-order valence-corrected chi connectivity index (χ0v) is 14.9. The lowest BCUT2D eigenvalue weighted by Gasteiger charge is -2.18. The van der Waals surface area contributed by atoms with Crippen molar-refractivity contribution in [1.29, 1.82) is 0 Å². The van der Waals surface area contributed by atoms with Gasteiger partial charge in [0.1, 0.15) is 22.6 Å². The molecule has 0 saturated carbocycles. The maximum Gasteiger partial charge on any atom is 0.262 e. The van der Waals surface area contributed by atoms with E-state index in [1.807, 2.05) is 6.92 Å². The molecule has 8 heteroatoms. The largest absolute Gasteiger partial charge is 0.497 e. The fraction of sp³-hybridized carbons (Fsp3) is 0.278. The molecule has 0 spiro atoms. The minimum atomic E-state index is -0.433. The number of aromatic amines is 1. The molecular formula is C18H19N3O5. The number of hydrogen-bond donors (Lipinski definition) is 2. The lowest BCUT2D eigenvalue weighted by atomic mass is 10.1. The Morgan fingerprint density at radius 1 is 1.31 bits per heavy atom. The third-order valence-corrected chi connectivity index (χ3v) is 4.15. The topological polar surface area (TPSA) is 106 Å². The number of benzene rings is 1. The summed E-state index contributed by atoms with van der Waals surface area (Å²) in [6, 6.07) is 4.94. The van der Waals surface area contributed by atoms with Crippen LogP contribution >= 0.6 is 0 Å². The molecule has 2 aromatic heterocycles. The first-order valence-electron chi connectivity index (χ1n) is 7.95. The third kappa shape index (κ3) is 3.01. The number of nitrogens with one attached hydrogen (secondary N) is 2. The van der Waals surface area contributed by atoms with Gasteiger partial charge in [-0.05, 0) is 32.0 Å². The van der Waals surface area contributed by atoms with Crippen LogP contribution in [0.1, 0.15) is 34.6 Å². The average Bonchev–Trinajstić information content (AvgIpc) is 2.98. The minimum Gasteiger partial charge on any atom is -0.497 e. The number of nitrogens with zero attached hydrogens (tertiary/aromatic N) is 1. The Morgan fingerprint density at radius 3 is 2.77 bits per heavy atom. The first kappa shape index (κ1) is 17.5. The molecule has 3 aromatic rings. The summed E-state index contributed by atoms with van der Waals surface area (Å²) < 4.78 is 16.0. The number of carbonyl (C=O) groups excluding carboxylic acids is 1. The first-order chi connectivity index (χ1) is 12.5. The molecule has 0 saturated heterocycles. The molecule has 2 N–H and O–H groups in total. The summed E-state index contributed by atoms with van der Waals surface area (Å²) in [6.07, 6.45) is 1.24. The van der Waals surface area contributed by atoms with Gasteiger partial charge in [0.05, 0.1) is 32.2 Å². The summed E-state index contributed by atoms with van der Waals surface area (Å²) in [4.78, 5) is 31.3. The lowest BCUT2D eigenvalue weighted by molar-refractivity contribution is 0.0939. The zero-order chi connectivity index (χ0) is 18.8. The number of aromatic nitrogens is 2. The van der Waals surface area contributed by atoms with Crippen LogP contribution in [0, 0.1) is 6.92 Å². The van der Waals surface area contributed by atoms with Gasteiger partial charge in [-0.25, -0.2) is 4.98 Å². The highest BCUT2D eigenvalue weighted by Crippen LogP contribution is 2.30. The zero-order valence-electron chi connectivity index (χ0n) is 14.9. The molecule has 0 fully saturated rings. The first-order valence-corrected chi connectivity index (χ1v) is 7.95. The van der Waals surface area contributed by atoms with Crippen molar-refractivity contribution in [2.24, 2.45) is 0 Å². The summed E-state index contributed by atoms with van der Waals surface area (Å²) in [5, 5.41) is 3.00. The van der Waals surface area contributed by atoms with Crippen molar-refractivity contribution in [2.75, 3.05) is 14.2 Å². The van der Waals surface area contributed by atoms with Gasteiger partial charge in [0, 0.05) is 5.56 Å². The minimum absolute atomic E-state index is 0.128. The fourth-order valence-electron chi connectivity index (χ4n) is 2.85. The highest BCUT2D eigenvalue weighted by molar-refractivity contribution is 6.06. The van der Waals surface area contributed by atoms with Crippen molar-refractivity contribution in [1.82, 2.24) is 15.3 Å². The Kier molecular flexibility index (Phi) is 4.66. The number of rotatable bonds is 5. The Labute approximate surface area is 149 Å². The second kappa shape index (κ2) is 6.91. The van der Waals surface area contributed by atoms with Crippen LogP contribution in [0.2, 0.25) is 0 Å². The molecule has 26 heavy (non-hydrogen) atoms. The van der Waals surface area contributed by atoms with E-state index in [0.29, 0.717) is 17.3 Å². The van der Waals surface area contributed by atoms with Crippen LogP contribution < -0.4 is 20.3 Å². The summed E-state index contributed by atoms with van der Waals surface area (Å²) in [6.45, 7) is 3.43. The molecule has 1 amide bonds. The summed E-state index contributed by atoms with van der Waals surface area (Å²) in [5.74, 6) is 1.16. The third-order valence-electron chi connectivity index (χ3n) is 4.15. The van der Waals surface area contributed by atoms with Crippen molar-refractivity contribution < 1.29 is 18.7 Å². The van der Waals surface area contributed by atoms with Crippen LogP contribution in [0.5, 0.6) is 11.5 Å². The monoisotopic (exact) mass is 357 g/mol. The Bertz CT molecular complexity index is 1020. The van der Waals surface area contributed by atoms with Crippen LogP contribution in [-0.2, 0) is 0 Å². The van der Waals surface area contributed by atoms with E-state index in [-0.39, 0.29) is 16.7 Å². The van der Waals surface area contributed by atoms with Gasteiger partial charge in [0.25, 0.3) is 11.5 Å². The Hall–Kier alpha value is -3.29. The molecule has 0 unspecified atom stereocenters. The molecule has 0 aliphatic carbocycles. The van der Waals surface area contributed by atoms with Gasteiger partial charge in [-0.2, -0.15) is 0 Å².